The molecule has 124 valence electrons. The van der Waals surface area contributed by atoms with Gasteiger partial charge in [0.2, 0.25) is 0 Å². The molecule has 1 saturated heterocycles. The first kappa shape index (κ1) is 16.5. The van der Waals surface area contributed by atoms with Gasteiger partial charge in [0.25, 0.3) is 0 Å². The van der Waals surface area contributed by atoms with Crippen molar-refractivity contribution < 1.29 is 0 Å². The van der Waals surface area contributed by atoms with E-state index in [0.717, 1.165) is 24.5 Å². The van der Waals surface area contributed by atoms with Crippen LogP contribution in [-0.4, -0.2) is 30.2 Å². The summed E-state index contributed by atoms with van der Waals surface area (Å²) in [5.74, 6) is 2.77. The molecular weight excluding hydrogens is 280 g/mol. The van der Waals surface area contributed by atoms with E-state index in [9.17, 15) is 0 Å². The van der Waals surface area contributed by atoms with E-state index in [4.69, 9.17) is 11.8 Å². The van der Waals surface area contributed by atoms with Gasteiger partial charge in [0.1, 0.15) is 0 Å². The molecule has 3 aliphatic rings. The number of allylic oxidation sites excluding steroid dienone is 4. The number of hydrogen-bond donors (Lipinski definition) is 1. The average Bonchev–Trinajstić information content (AvgIpc) is 2.54. The van der Waals surface area contributed by atoms with E-state index in [2.05, 4.69) is 36.8 Å². The summed E-state index contributed by atoms with van der Waals surface area (Å²) in [6.45, 7) is 7.16. The largest absolute Gasteiger partial charge is 0.313 e. The fourth-order valence-corrected chi connectivity index (χ4v) is 4.57. The van der Waals surface area contributed by atoms with Crippen molar-refractivity contribution in [3.8, 4) is 12.3 Å². The molecule has 1 N–H and O–H groups in total. The molecule has 0 amide bonds. The Kier molecular flexibility index (Phi) is 4.52. The Labute approximate surface area is 141 Å². The Hall–Kier alpha value is -1.33. The summed E-state index contributed by atoms with van der Waals surface area (Å²) in [7, 11) is 0. The molecule has 2 aliphatic carbocycles. The van der Waals surface area contributed by atoms with Crippen molar-refractivity contribution in [2.75, 3.05) is 13.1 Å². The van der Waals surface area contributed by atoms with E-state index in [1.165, 1.54) is 45.2 Å². The molecule has 2 fully saturated rings. The van der Waals surface area contributed by atoms with Gasteiger partial charge in [-0.3, -0.25) is 4.90 Å². The van der Waals surface area contributed by atoms with Crippen LogP contribution < -0.4 is 0 Å². The van der Waals surface area contributed by atoms with Crippen LogP contribution in [0.25, 0.3) is 0 Å². The van der Waals surface area contributed by atoms with Crippen LogP contribution in [0.2, 0.25) is 0 Å². The minimum Gasteiger partial charge on any atom is -0.313 e. The Balaban J connectivity index is 1.49. The molecule has 0 aromatic heterocycles. The first-order chi connectivity index (χ1) is 11.0. The molecule has 0 unspecified atom stereocenters. The predicted molar refractivity (Wildman–Crippen MR) is 97.7 cm³/mol. The highest BCUT2D eigenvalue weighted by Crippen LogP contribution is 2.43. The highest BCUT2D eigenvalue weighted by molar-refractivity contribution is 5.61. The number of terminal acetylenes is 1. The molecule has 0 bridgehead atoms. The fourth-order valence-electron chi connectivity index (χ4n) is 4.57. The Morgan fingerprint density at radius 1 is 1.26 bits per heavy atom. The van der Waals surface area contributed by atoms with Gasteiger partial charge in [-0.25, -0.2) is 0 Å². The molecule has 0 radical (unpaired) electrons. The van der Waals surface area contributed by atoms with Gasteiger partial charge in [0.05, 0.1) is 0 Å². The smallest absolute Gasteiger partial charge is 0.00963 e. The van der Waals surface area contributed by atoms with Crippen LogP contribution in [0.4, 0.5) is 0 Å². The lowest BCUT2D eigenvalue weighted by molar-refractivity contribution is -0.0356. The molecule has 2 nitrogen and oxygen atoms in total. The number of likely N-dealkylation sites (tertiary alicyclic amines) is 1. The molecule has 0 aromatic carbocycles. The summed E-state index contributed by atoms with van der Waals surface area (Å²) in [6, 6.07) is 0.754. The molecule has 0 aromatic rings. The van der Waals surface area contributed by atoms with Crippen LogP contribution in [-0.2, 0) is 0 Å². The average molecular weight is 310 g/mol. The SMILES string of the molecule is C#CC1=CC=C(CC2(C)CN(C3CCC(C)(C=N)CC3)C2)CC1. The van der Waals surface area contributed by atoms with Gasteiger partial charge in [-0.05, 0) is 50.4 Å². The first-order valence-corrected chi connectivity index (χ1v) is 9.06. The summed E-state index contributed by atoms with van der Waals surface area (Å²) in [5.41, 5.74) is 3.34. The zero-order chi connectivity index (χ0) is 16.5. The topological polar surface area (TPSA) is 27.1 Å². The second-order valence-electron chi connectivity index (χ2n) is 8.58. The van der Waals surface area contributed by atoms with E-state index in [-0.39, 0.29) is 5.41 Å². The van der Waals surface area contributed by atoms with Crippen molar-refractivity contribution in [1.29, 1.82) is 5.41 Å². The lowest BCUT2D eigenvalue weighted by Gasteiger charge is -2.54. The zero-order valence-electron chi connectivity index (χ0n) is 14.7. The quantitative estimate of drug-likeness (QED) is 0.597. The summed E-state index contributed by atoms with van der Waals surface area (Å²) in [6.07, 6.45) is 19.9. The normalized spacial score (nSPS) is 33.9. The number of nitrogens with zero attached hydrogens (tertiary/aromatic N) is 1. The van der Waals surface area contributed by atoms with Crippen LogP contribution in [0.5, 0.6) is 0 Å². The highest BCUT2D eigenvalue weighted by Gasteiger charge is 2.43. The number of hydrogen-bond acceptors (Lipinski definition) is 2. The van der Waals surface area contributed by atoms with E-state index in [1.807, 2.05) is 0 Å². The van der Waals surface area contributed by atoms with Crippen LogP contribution in [0.3, 0.4) is 0 Å². The van der Waals surface area contributed by atoms with Gasteiger partial charge in [0, 0.05) is 36.3 Å². The summed E-state index contributed by atoms with van der Waals surface area (Å²) >= 11 is 0. The van der Waals surface area contributed by atoms with Crippen molar-refractivity contribution in [2.24, 2.45) is 10.8 Å². The van der Waals surface area contributed by atoms with Gasteiger partial charge < -0.3 is 5.41 Å². The molecule has 1 saturated carbocycles. The third-order valence-corrected chi connectivity index (χ3v) is 6.21. The Bertz CT molecular complexity index is 561. The predicted octanol–water partition coefficient (Wildman–Crippen LogP) is 4.58. The standard InChI is InChI=1S/C21H30N2/c1-4-17-5-7-18(8-6-17)13-21(3)15-23(16-21)19-9-11-20(2,14-22)12-10-19/h1,5,7,14,19,22H,6,8-13,15-16H2,2-3H3. The van der Waals surface area contributed by atoms with Crippen LogP contribution in [0, 0.1) is 28.6 Å². The molecule has 23 heavy (non-hydrogen) atoms. The minimum absolute atomic E-state index is 0.165. The second kappa shape index (κ2) is 6.29. The molecule has 0 atom stereocenters. The van der Waals surface area contributed by atoms with E-state index in [0.29, 0.717) is 5.41 Å². The van der Waals surface area contributed by atoms with Gasteiger partial charge >= 0.3 is 0 Å². The number of rotatable bonds is 4. The minimum atomic E-state index is 0.165. The molecule has 1 heterocycles. The Morgan fingerprint density at radius 2 is 1.96 bits per heavy atom. The van der Waals surface area contributed by atoms with Gasteiger partial charge in [-0.1, -0.05) is 37.5 Å². The van der Waals surface area contributed by atoms with E-state index in [1.54, 1.807) is 11.8 Å². The van der Waals surface area contributed by atoms with E-state index < -0.39 is 0 Å². The van der Waals surface area contributed by atoms with Crippen LogP contribution in [0.15, 0.2) is 23.3 Å². The maximum absolute atomic E-state index is 7.60. The lowest BCUT2D eigenvalue weighted by atomic mass is 9.70. The van der Waals surface area contributed by atoms with E-state index >= 15 is 0 Å². The molecule has 3 rings (SSSR count). The van der Waals surface area contributed by atoms with Crippen molar-refractivity contribution in [3.05, 3.63) is 23.3 Å². The fraction of sp³-hybridized carbons (Fsp3) is 0.667. The third-order valence-electron chi connectivity index (χ3n) is 6.21. The van der Waals surface area contributed by atoms with Crippen molar-refractivity contribution in [3.63, 3.8) is 0 Å². The van der Waals surface area contributed by atoms with Crippen molar-refractivity contribution >= 4 is 6.21 Å². The third kappa shape index (κ3) is 3.61. The second-order valence-corrected chi connectivity index (χ2v) is 8.58. The molecule has 1 aliphatic heterocycles. The van der Waals surface area contributed by atoms with Gasteiger partial charge in [-0.15, -0.1) is 6.42 Å². The van der Waals surface area contributed by atoms with Crippen LogP contribution >= 0.6 is 0 Å². The number of nitrogens with one attached hydrogen (secondary N) is 1. The molecule has 0 spiro atoms. The maximum Gasteiger partial charge on any atom is 0.00963 e. The summed E-state index contributed by atoms with van der Waals surface area (Å²) in [4.78, 5) is 2.69. The Morgan fingerprint density at radius 3 is 2.48 bits per heavy atom. The first-order valence-electron chi connectivity index (χ1n) is 9.06. The van der Waals surface area contributed by atoms with Crippen molar-refractivity contribution in [1.82, 2.24) is 4.90 Å². The maximum atomic E-state index is 7.60. The summed E-state index contributed by atoms with van der Waals surface area (Å²) < 4.78 is 0. The lowest BCUT2D eigenvalue weighted by Crippen LogP contribution is -2.59. The monoisotopic (exact) mass is 310 g/mol. The van der Waals surface area contributed by atoms with Gasteiger partial charge in [-0.2, -0.15) is 0 Å². The highest BCUT2D eigenvalue weighted by atomic mass is 15.2. The van der Waals surface area contributed by atoms with Crippen molar-refractivity contribution in [2.45, 2.75) is 64.8 Å². The zero-order valence-corrected chi connectivity index (χ0v) is 14.7. The summed E-state index contributed by atoms with van der Waals surface area (Å²) in [5, 5.41) is 7.60. The molecule has 2 heteroatoms. The van der Waals surface area contributed by atoms with Crippen LogP contribution in [0.1, 0.15) is 58.8 Å². The van der Waals surface area contributed by atoms with Gasteiger partial charge in [0.15, 0.2) is 0 Å². The molecular formula is C21H30N2.